The van der Waals surface area contributed by atoms with E-state index in [0.717, 1.165) is 11.1 Å². The summed E-state index contributed by atoms with van der Waals surface area (Å²) >= 11 is 1.28. The van der Waals surface area contributed by atoms with Gasteiger partial charge in [0, 0.05) is 10.9 Å². The van der Waals surface area contributed by atoms with Crippen molar-refractivity contribution in [2.24, 2.45) is 0 Å². The number of amides is 1. The van der Waals surface area contributed by atoms with Crippen LogP contribution < -0.4 is 5.32 Å². The van der Waals surface area contributed by atoms with Gasteiger partial charge in [0.15, 0.2) is 0 Å². The van der Waals surface area contributed by atoms with Crippen LogP contribution in [0.4, 0.5) is 5.00 Å². The highest BCUT2D eigenvalue weighted by atomic mass is 32.1. The monoisotopic (exact) mass is 412 g/mol. The smallest absolute Gasteiger partial charge is 0.341 e. The lowest BCUT2D eigenvalue weighted by Gasteiger charge is -2.19. The first-order valence-electron chi connectivity index (χ1n) is 9.18. The van der Waals surface area contributed by atoms with Crippen LogP contribution in [0, 0.1) is 13.8 Å². The van der Waals surface area contributed by atoms with Gasteiger partial charge in [-0.2, -0.15) is 0 Å². The van der Waals surface area contributed by atoms with E-state index >= 15 is 0 Å². The van der Waals surface area contributed by atoms with Crippen LogP contribution in [0.3, 0.4) is 0 Å². The Hall–Kier alpha value is -2.93. The second kappa shape index (κ2) is 7.83. The molecule has 0 spiro atoms. The summed E-state index contributed by atoms with van der Waals surface area (Å²) in [5.41, 5.74) is 4.03. The van der Waals surface area contributed by atoms with Gasteiger partial charge in [0.05, 0.1) is 12.8 Å². The molecule has 0 fully saturated rings. The first kappa shape index (κ1) is 20.8. The molecule has 152 valence electrons. The van der Waals surface area contributed by atoms with E-state index in [4.69, 9.17) is 9.26 Å². The van der Waals surface area contributed by atoms with Crippen LogP contribution in [0.25, 0.3) is 11.1 Å². The SMILES string of the molecule is COC(=O)c1c(-c2ccc(C(C)(C)C)cc2)csc1NC(=O)c1c(C)noc1C. The molecule has 6 nitrogen and oxygen atoms in total. The Kier molecular flexibility index (Phi) is 5.61. The summed E-state index contributed by atoms with van der Waals surface area (Å²) in [6, 6.07) is 8.07. The Bertz CT molecular complexity index is 1040. The Morgan fingerprint density at radius 1 is 1.10 bits per heavy atom. The van der Waals surface area contributed by atoms with E-state index in [-0.39, 0.29) is 11.3 Å². The zero-order valence-electron chi connectivity index (χ0n) is 17.4. The number of ether oxygens (including phenoxy) is 1. The second-order valence-corrected chi connectivity index (χ2v) is 8.71. The van der Waals surface area contributed by atoms with Gasteiger partial charge in [-0.3, -0.25) is 4.79 Å². The molecule has 0 unspecified atom stereocenters. The van der Waals surface area contributed by atoms with Gasteiger partial charge in [-0.1, -0.05) is 50.2 Å². The largest absolute Gasteiger partial charge is 0.465 e. The summed E-state index contributed by atoms with van der Waals surface area (Å²) < 4.78 is 10.0. The summed E-state index contributed by atoms with van der Waals surface area (Å²) in [5, 5.41) is 8.90. The number of aryl methyl sites for hydroxylation is 2. The van der Waals surface area contributed by atoms with Crippen molar-refractivity contribution < 1.29 is 18.8 Å². The Morgan fingerprint density at radius 2 is 1.76 bits per heavy atom. The number of carbonyl (C=O) groups is 2. The third-order valence-corrected chi connectivity index (χ3v) is 5.63. The Balaban J connectivity index is 1.99. The number of methoxy groups -OCH3 is 1. The van der Waals surface area contributed by atoms with E-state index in [1.807, 2.05) is 17.5 Å². The number of nitrogens with zero attached hydrogens (tertiary/aromatic N) is 1. The molecular weight excluding hydrogens is 388 g/mol. The molecule has 0 aliphatic rings. The standard InChI is InChI=1S/C22H24N2O4S/c1-12-17(13(2)28-24-12)19(25)23-20-18(21(26)27-6)16(11-29-20)14-7-9-15(10-8-14)22(3,4)5/h7-11H,1-6H3,(H,23,25). The predicted octanol–water partition coefficient (Wildman–Crippen LogP) is 5.36. The summed E-state index contributed by atoms with van der Waals surface area (Å²) in [6.45, 7) is 9.81. The number of nitrogens with one attached hydrogen (secondary N) is 1. The van der Waals surface area contributed by atoms with Crippen LogP contribution in [0.1, 0.15) is 58.5 Å². The molecule has 0 aliphatic carbocycles. The van der Waals surface area contributed by atoms with E-state index in [9.17, 15) is 9.59 Å². The lowest BCUT2D eigenvalue weighted by molar-refractivity contribution is 0.0603. The van der Waals surface area contributed by atoms with Crippen LogP contribution in [-0.2, 0) is 10.2 Å². The van der Waals surface area contributed by atoms with E-state index < -0.39 is 5.97 Å². The number of hydrogen-bond donors (Lipinski definition) is 1. The molecule has 0 aliphatic heterocycles. The summed E-state index contributed by atoms with van der Waals surface area (Å²) in [7, 11) is 1.33. The molecule has 0 saturated carbocycles. The van der Waals surface area contributed by atoms with Gasteiger partial charge in [-0.25, -0.2) is 4.79 Å². The van der Waals surface area contributed by atoms with Crippen molar-refractivity contribution in [1.29, 1.82) is 0 Å². The fourth-order valence-electron chi connectivity index (χ4n) is 3.09. The highest BCUT2D eigenvalue weighted by Gasteiger charge is 2.25. The summed E-state index contributed by atoms with van der Waals surface area (Å²) in [5.74, 6) is -0.452. The van der Waals surface area contributed by atoms with Gasteiger partial charge < -0.3 is 14.6 Å². The molecule has 2 heterocycles. The Labute approximate surface area is 173 Å². The van der Waals surface area contributed by atoms with Crippen molar-refractivity contribution in [3.63, 3.8) is 0 Å². The number of esters is 1. The van der Waals surface area contributed by atoms with Crippen molar-refractivity contribution in [3.8, 4) is 11.1 Å². The number of carbonyl (C=O) groups excluding carboxylic acids is 2. The first-order valence-corrected chi connectivity index (χ1v) is 10.1. The first-order chi connectivity index (χ1) is 13.6. The number of aromatic nitrogens is 1. The van der Waals surface area contributed by atoms with Gasteiger partial charge in [0.25, 0.3) is 5.91 Å². The predicted molar refractivity (Wildman–Crippen MR) is 114 cm³/mol. The highest BCUT2D eigenvalue weighted by molar-refractivity contribution is 7.15. The molecule has 0 bridgehead atoms. The van der Waals surface area contributed by atoms with E-state index in [1.165, 1.54) is 24.0 Å². The minimum Gasteiger partial charge on any atom is -0.465 e. The summed E-state index contributed by atoms with van der Waals surface area (Å²) in [6.07, 6.45) is 0. The van der Waals surface area contributed by atoms with Crippen LogP contribution in [-0.4, -0.2) is 24.1 Å². The average molecular weight is 413 g/mol. The third-order valence-electron chi connectivity index (χ3n) is 4.73. The number of benzene rings is 1. The maximum atomic E-state index is 12.7. The van der Waals surface area contributed by atoms with E-state index in [1.54, 1.807) is 13.8 Å². The van der Waals surface area contributed by atoms with Gasteiger partial charge in [0.2, 0.25) is 0 Å². The average Bonchev–Trinajstić information content (AvgIpc) is 3.23. The molecule has 1 aromatic carbocycles. The fourth-order valence-corrected chi connectivity index (χ4v) is 4.04. The number of rotatable bonds is 4. The number of thiophene rings is 1. The van der Waals surface area contributed by atoms with E-state index in [0.29, 0.717) is 27.6 Å². The normalized spacial score (nSPS) is 11.4. The highest BCUT2D eigenvalue weighted by Crippen LogP contribution is 2.37. The molecule has 0 radical (unpaired) electrons. The maximum absolute atomic E-state index is 12.7. The molecule has 0 atom stereocenters. The molecule has 3 rings (SSSR count). The van der Waals surface area contributed by atoms with Crippen LogP contribution >= 0.6 is 11.3 Å². The van der Waals surface area contributed by atoms with Crippen LogP contribution in [0.5, 0.6) is 0 Å². The molecule has 7 heteroatoms. The molecule has 2 aromatic heterocycles. The van der Waals surface area contributed by atoms with Crippen molar-refractivity contribution >= 4 is 28.2 Å². The fraction of sp³-hybridized carbons (Fsp3) is 0.318. The van der Waals surface area contributed by atoms with Gasteiger partial charge in [-0.05, 0) is 30.4 Å². The van der Waals surface area contributed by atoms with Crippen LogP contribution in [0.15, 0.2) is 34.2 Å². The molecule has 0 saturated heterocycles. The second-order valence-electron chi connectivity index (χ2n) is 7.83. The topological polar surface area (TPSA) is 81.4 Å². The molecule has 29 heavy (non-hydrogen) atoms. The van der Waals surface area contributed by atoms with Crippen molar-refractivity contribution in [1.82, 2.24) is 5.16 Å². The molecular formula is C22H24N2O4S. The quantitative estimate of drug-likeness (QED) is 0.584. The van der Waals surface area contributed by atoms with Gasteiger partial charge in [0.1, 0.15) is 21.9 Å². The number of anilines is 1. The summed E-state index contributed by atoms with van der Waals surface area (Å²) in [4.78, 5) is 25.2. The number of hydrogen-bond acceptors (Lipinski definition) is 6. The van der Waals surface area contributed by atoms with Crippen molar-refractivity contribution in [3.05, 3.63) is 57.8 Å². The molecule has 1 amide bonds. The maximum Gasteiger partial charge on any atom is 0.341 e. The van der Waals surface area contributed by atoms with Gasteiger partial charge in [-0.15, -0.1) is 11.3 Å². The Morgan fingerprint density at radius 3 is 2.28 bits per heavy atom. The van der Waals surface area contributed by atoms with Crippen LogP contribution in [0.2, 0.25) is 0 Å². The minimum atomic E-state index is -0.504. The van der Waals surface area contributed by atoms with Gasteiger partial charge >= 0.3 is 5.97 Å². The zero-order chi connectivity index (χ0) is 21.3. The van der Waals surface area contributed by atoms with Crippen molar-refractivity contribution in [2.75, 3.05) is 12.4 Å². The lowest BCUT2D eigenvalue weighted by atomic mass is 9.86. The lowest BCUT2D eigenvalue weighted by Crippen LogP contribution is -2.15. The molecule has 1 N–H and O–H groups in total. The minimum absolute atomic E-state index is 0.0336. The zero-order valence-corrected chi connectivity index (χ0v) is 18.2. The molecule has 3 aromatic rings. The van der Waals surface area contributed by atoms with E-state index in [2.05, 4.69) is 43.4 Å². The van der Waals surface area contributed by atoms with Crippen molar-refractivity contribution in [2.45, 2.75) is 40.0 Å². The third kappa shape index (κ3) is 4.10.